The van der Waals surface area contributed by atoms with Crippen molar-refractivity contribution in [3.63, 3.8) is 0 Å². The quantitative estimate of drug-likeness (QED) is 0.486. The van der Waals surface area contributed by atoms with Crippen LogP contribution < -0.4 is 10.6 Å². The molecule has 0 saturated heterocycles. The van der Waals surface area contributed by atoms with Gasteiger partial charge in [-0.3, -0.25) is 19.4 Å². The number of aromatic nitrogens is 1. The highest BCUT2D eigenvalue weighted by atomic mass is 19.1. The van der Waals surface area contributed by atoms with E-state index in [1.54, 1.807) is 29.2 Å². The second-order valence-corrected chi connectivity index (χ2v) is 8.53. The Bertz CT molecular complexity index is 1270. The smallest absolute Gasteiger partial charge is 0.254 e. The Labute approximate surface area is 208 Å². The molecule has 1 aromatic heterocycles. The summed E-state index contributed by atoms with van der Waals surface area (Å²) in [5, 5.41) is 16.0. The molecule has 0 radical (unpaired) electrons. The van der Waals surface area contributed by atoms with Crippen molar-refractivity contribution in [2.45, 2.75) is 19.3 Å². The third-order valence-corrected chi connectivity index (χ3v) is 6.03. The lowest BCUT2D eigenvalue weighted by Gasteiger charge is -2.23. The standard InChI is InChI=1S/C27H27FN4O4/c28-23-5-4-20-17-21(23)22-16-18(3-6-24(22)33)7-12-30-25(34)2-1-14-32(15-13-31-26(20)35)27(36)19-8-10-29-11-9-19/h3-6,8-11,16-17,33H,1-2,7,12-15H2,(H,30,34)(H,31,35). The molecule has 4 rings (SSSR count). The zero-order valence-electron chi connectivity index (χ0n) is 19.7. The molecule has 1 aliphatic heterocycles. The van der Waals surface area contributed by atoms with Gasteiger partial charge >= 0.3 is 0 Å². The van der Waals surface area contributed by atoms with Crippen LogP contribution in [0.5, 0.6) is 5.75 Å². The number of halogens is 1. The number of phenolic OH excluding ortho intramolecular Hbond substituents is 1. The fourth-order valence-electron chi connectivity index (χ4n) is 4.09. The van der Waals surface area contributed by atoms with E-state index in [1.807, 2.05) is 0 Å². The molecule has 186 valence electrons. The minimum atomic E-state index is -0.573. The van der Waals surface area contributed by atoms with Crippen LogP contribution in [0.2, 0.25) is 0 Å². The topological polar surface area (TPSA) is 112 Å². The summed E-state index contributed by atoms with van der Waals surface area (Å²) in [5.41, 5.74) is 1.86. The van der Waals surface area contributed by atoms with Crippen LogP contribution in [-0.2, 0) is 11.2 Å². The van der Waals surface area contributed by atoms with Gasteiger partial charge in [0.15, 0.2) is 0 Å². The molecule has 8 nitrogen and oxygen atoms in total. The Morgan fingerprint density at radius 1 is 0.917 bits per heavy atom. The summed E-state index contributed by atoms with van der Waals surface area (Å²) in [6.07, 6.45) is 4.24. The second kappa shape index (κ2) is 11.4. The van der Waals surface area contributed by atoms with Gasteiger partial charge in [-0.15, -0.1) is 0 Å². The second-order valence-electron chi connectivity index (χ2n) is 8.53. The fraction of sp³-hybridized carbons (Fsp3) is 0.259. The van der Waals surface area contributed by atoms with E-state index in [0.29, 0.717) is 31.5 Å². The lowest BCUT2D eigenvalue weighted by molar-refractivity contribution is -0.121. The van der Waals surface area contributed by atoms with Gasteiger partial charge < -0.3 is 20.6 Å². The summed E-state index contributed by atoms with van der Waals surface area (Å²) in [6, 6.07) is 12.0. The Hall–Kier alpha value is -4.27. The van der Waals surface area contributed by atoms with Crippen LogP contribution in [0.3, 0.4) is 0 Å². The molecule has 4 bridgehead atoms. The molecule has 36 heavy (non-hydrogen) atoms. The monoisotopic (exact) mass is 490 g/mol. The summed E-state index contributed by atoms with van der Waals surface area (Å²) in [4.78, 5) is 43.7. The number of aromatic hydroxyl groups is 1. The highest BCUT2D eigenvalue weighted by Crippen LogP contribution is 2.33. The number of hydrogen-bond donors (Lipinski definition) is 3. The molecule has 9 heteroatoms. The molecule has 2 aromatic carbocycles. The van der Waals surface area contributed by atoms with Crippen molar-refractivity contribution in [2.24, 2.45) is 0 Å². The number of rotatable bonds is 1. The van der Waals surface area contributed by atoms with Gasteiger partial charge in [-0.2, -0.15) is 0 Å². The van der Waals surface area contributed by atoms with Crippen molar-refractivity contribution in [3.8, 4) is 16.9 Å². The van der Waals surface area contributed by atoms with Gasteiger partial charge in [0, 0.05) is 67.2 Å². The van der Waals surface area contributed by atoms with E-state index in [4.69, 9.17) is 0 Å². The maximum atomic E-state index is 14.7. The molecular weight excluding hydrogens is 463 g/mol. The predicted molar refractivity (Wildman–Crippen MR) is 132 cm³/mol. The van der Waals surface area contributed by atoms with E-state index in [0.717, 1.165) is 5.56 Å². The molecule has 0 spiro atoms. The molecule has 3 amide bonds. The Balaban J connectivity index is 1.60. The van der Waals surface area contributed by atoms with E-state index in [9.17, 15) is 23.9 Å². The summed E-state index contributed by atoms with van der Waals surface area (Å²) in [5.74, 6) is -1.48. The number of fused-ring (bicyclic) bond motifs is 5. The molecule has 1 aliphatic rings. The fourth-order valence-corrected chi connectivity index (χ4v) is 4.09. The van der Waals surface area contributed by atoms with E-state index in [2.05, 4.69) is 15.6 Å². The first-order valence-corrected chi connectivity index (χ1v) is 11.8. The summed E-state index contributed by atoms with van der Waals surface area (Å²) in [7, 11) is 0. The zero-order valence-corrected chi connectivity index (χ0v) is 19.7. The number of hydrogen-bond acceptors (Lipinski definition) is 5. The largest absolute Gasteiger partial charge is 0.507 e. The van der Waals surface area contributed by atoms with Gasteiger partial charge in [0.1, 0.15) is 11.6 Å². The first-order chi connectivity index (χ1) is 17.4. The third kappa shape index (κ3) is 6.04. The molecular formula is C27H27FN4O4. The molecule has 3 aromatic rings. The minimum Gasteiger partial charge on any atom is -0.507 e. The molecule has 0 fully saturated rings. The van der Waals surface area contributed by atoms with Crippen LogP contribution >= 0.6 is 0 Å². The summed E-state index contributed by atoms with van der Waals surface area (Å²) >= 11 is 0. The number of pyridine rings is 1. The lowest BCUT2D eigenvalue weighted by atomic mass is 9.98. The summed E-state index contributed by atoms with van der Waals surface area (Å²) < 4.78 is 14.7. The average molecular weight is 491 g/mol. The van der Waals surface area contributed by atoms with Crippen molar-refractivity contribution in [3.05, 3.63) is 83.4 Å². The molecule has 0 atom stereocenters. The number of phenols is 1. The van der Waals surface area contributed by atoms with Gasteiger partial charge in [-0.25, -0.2) is 4.39 Å². The van der Waals surface area contributed by atoms with Gasteiger partial charge in [0.2, 0.25) is 5.91 Å². The predicted octanol–water partition coefficient (Wildman–Crippen LogP) is 2.92. The highest BCUT2D eigenvalue weighted by Gasteiger charge is 2.18. The number of nitrogens with zero attached hydrogens (tertiary/aromatic N) is 2. The number of carbonyl (C=O) groups excluding carboxylic acids is 3. The Kier molecular flexibility index (Phi) is 7.89. The first-order valence-electron chi connectivity index (χ1n) is 11.8. The van der Waals surface area contributed by atoms with E-state index >= 15 is 0 Å². The van der Waals surface area contributed by atoms with Crippen LogP contribution in [-0.4, -0.2) is 58.9 Å². The SMILES string of the molecule is O=C1CCCN(C(=O)c2ccncc2)CCNC(=O)c2ccc(F)c(c2)-c2cc(ccc2O)CCN1. The Morgan fingerprint density at radius 3 is 2.53 bits per heavy atom. The molecule has 3 N–H and O–H groups in total. The lowest BCUT2D eigenvalue weighted by Crippen LogP contribution is -2.39. The van der Waals surface area contributed by atoms with Crippen molar-refractivity contribution < 1.29 is 23.9 Å². The van der Waals surface area contributed by atoms with Crippen molar-refractivity contribution in [1.82, 2.24) is 20.5 Å². The Morgan fingerprint density at radius 2 is 1.72 bits per heavy atom. The van der Waals surface area contributed by atoms with E-state index < -0.39 is 11.7 Å². The molecule has 2 heterocycles. The van der Waals surface area contributed by atoms with Crippen LogP contribution in [0.1, 0.15) is 39.1 Å². The number of amides is 3. The highest BCUT2D eigenvalue weighted by molar-refractivity contribution is 5.96. The van der Waals surface area contributed by atoms with Crippen LogP contribution in [0.15, 0.2) is 60.9 Å². The molecule has 0 aliphatic carbocycles. The number of carbonyl (C=O) groups is 3. The normalized spacial score (nSPS) is 15.3. The number of nitrogens with one attached hydrogen (secondary N) is 2. The van der Waals surface area contributed by atoms with Crippen molar-refractivity contribution in [1.29, 1.82) is 0 Å². The van der Waals surface area contributed by atoms with Gasteiger partial charge in [0.25, 0.3) is 11.8 Å². The minimum absolute atomic E-state index is 0.0987. The van der Waals surface area contributed by atoms with Gasteiger partial charge in [-0.05, 0) is 60.9 Å². The van der Waals surface area contributed by atoms with Crippen molar-refractivity contribution in [2.75, 3.05) is 26.2 Å². The van der Waals surface area contributed by atoms with Crippen LogP contribution in [0.4, 0.5) is 4.39 Å². The van der Waals surface area contributed by atoms with Gasteiger partial charge in [-0.1, -0.05) is 6.07 Å². The summed E-state index contributed by atoms with van der Waals surface area (Å²) in [6.45, 7) is 1.10. The van der Waals surface area contributed by atoms with Crippen molar-refractivity contribution >= 4 is 17.7 Å². The van der Waals surface area contributed by atoms with Crippen LogP contribution in [0.25, 0.3) is 11.1 Å². The maximum absolute atomic E-state index is 14.7. The number of benzene rings is 2. The van der Waals surface area contributed by atoms with E-state index in [1.165, 1.54) is 36.7 Å². The first kappa shape index (κ1) is 24.8. The maximum Gasteiger partial charge on any atom is 0.254 e. The molecule has 0 saturated carbocycles. The van der Waals surface area contributed by atoms with Crippen LogP contribution in [0, 0.1) is 5.82 Å². The van der Waals surface area contributed by atoms with E-state index in [-0.39, 0.29) is 53.8 Å². The molecule has 0 unspecified atom stereocenters. The third-order valence-electron chi connectivity index (χ3n) is 6.03. The van der Waals surface area contributed by atoms with Gasteiger partial charge in [0.05, 0.1) is 0 Å². The average Bonchev–Trinajstić information content (AvgIpc) is 2.88. The zero-order chi connectivity index (χ0) is 25.5.